The molecule has 7 aromatic carbocycles. The number of rotatable bonds is 3. The molecular weight excluding hydrogens is 585 g/mol. The third-order valence-corrected chi connectivity index (χ3v) is 9.75. The number of nitrogens with zero attached hydrogens (tertiary/aromatic N) is 3. The van der Waals surface area contributed by atoms with Crippen LogP contribution >= 0.6 is 0 Å². The molecule has 0 aliphatic carbocycles. The molecular formula is C44H30N4. The van der Waals surface area contributed by atoms with Crippen LogP contribution in [0.2, 0.25) is 0 Å². The zero-order chi connectivity index (χ0) is 31.6. The Morgan fingerprint density at radius 3 is 1.65 bits per heavy atom. The van der Waals surface area contributed by atoms with Crippen molar-refractivity contribution in [2.45, 2.75) is 6.04 Å². The highest BCUT2D eigenvalue weighted by molar-refractivity contribution is 6.17. The average molecular weight is 615 g/mol. The second-order valence-corrected chi connectivity index (χ2v) is 12.5. The van der Waals surface area contributed by atoms with Gasteiger partial charge in [0, 0.05) is 27.2 Å². The van der Waals surface area contributed by atoms with E-state index in [9.17, 15) is 0 Å². The van der Waals surface area contributed by atoms with Gasteiger partial charge in [-0.2, -0.15) is 0 Å². The van der Waals surface area contributed by atoms with E-state index in [1.165, 1.54) is 55.0 Å². The number of para-hydroxylation sites is 5. The molecule has 9 aromatic rings. The normalized spacial score (nSPS) is 14.3. The van der Waals surface area contributed by atoms with Gasteiger partial charge in [-0.15, -0.1) is 0 Å². The lowest BCUT2D eigenvalue weighted by molar-refractivity contribution is 0.962. The van der Waals surface area contributed by atoms with E-state index in [1.807, 2.05) is 0 Å². The molecule has 1 aliphatic rings. The molecule has 4 heteroatoms. The Morgan fingerprint density at radius 1 is 0.438 bits per heavy atom. The predicted octanol–water partition coefficient (Wildman–Crippen LogP) is 11.3. The topological polar surface area (TPSA) is 34.2 Å². The number of anilines is 1. The van der Waals surface area contributed by atoms with Crippen molar-refractivity contribution in [2.24, 2.45) is 4.99 Å². The molecule has 48 heavy (non-hydrogen) atoms. The first kappa shape index (κ1) is 26.8. The van der Waals surface area contributed by atoms with Gasteiger partial charge >= 0.3 is 0 Å². The predicted molar refractivity (Wildman–Crippen MR) is 201 cm³/mol. The van der Waals surface area contributed by atoms with Crippen LogP contribution < -0.4 is 5.32 Å². The van der Waals surface area contributed by atoms with Gasteiger partial charge < -0.3 is 9.88 Å². The van der Waals surface area contributed by atoms with Crippen LogP contribution in [-0.4, -0.2) is 15.0 Å². The molecule has 0 spiro atoms. The molecule has 0 radical (unpaired) electrons. The molecule has 3 heterocycles. The summed E-state index contributed by atoms with van der Waals surface area (Å²) in [5.74, 6) is 0.967. The van der Waals surface area contributed by atoms with Crippen molar-refractivity contribution in [3.05, 3.63) is 175 Å². The molecule has 0 saturated heterocycles. The summed E-state index contributed by atoms with van der Waals surface area (Å²) in [4.78, 5) is 5.33. The first-order valence-electron chi connectivity index (χ1n) is 16.4. The molecule has 4 nitrogen and oxygen atoms in total. The van der Waals surface area contributed by atoms with Crippen molar-refractivity contribution in [1.29, 1.82) is 0 Å². The van der Waals surface area contributed by atoms with Crippen molar-refractivity contribution >= 4 is 60.8 Å². The lowest BCUT2D eigenvalue weighted by atomic mass is 10.0. The number of fused-ring (bicyclic) bond motifs is 7. The zero-order valence-corrected chi connectivity index (χ0v) is 26.1. The van der Waals surface area contributed by atoms with Crippen LogP contribution in [0, 0.1) is 0 Å². The highest BCUT2D eigenvalue weighted by Gasteiger charge is 2.28. The van der Waals surface area contributed by atoms with E-state index in [-0.39, 0.29) is 6.04 Å². The van der Waals surface area contributed by atoms with Gasteiger partial charge in [0.2, 0.25) is 0 Å². The number of aliphatic imine (C=N–C) groups is 1. The minimum atomic E-state index is -0.107. The van der Waals surface area contributed by atoms with Crippen LogP contribution in [0.3, 0.4) is 0 Å². The van der Waals surface area contributed by atoms with E-state index in [2.05, 4.69) is 184 Å². The second kappa shape index (κ2) is 10.6. The summed E-state index contributed by atoms with van der Waals surface area (Å²) in [6, 6.07) is 60.6. The molecule has 0 bridgehead atoms. The van der Waals surface area contributed by atoms with Crippen molar-refractivity contribution in [1.82, 2.24) is 9.13 Å². The summed E-state index contributed by atoms with van der Waals surface area (Å²) in [5, 5.41) is 8.74. The van der Waals surface area contributed by atoms with Crippen LogP contribution in [-0.2, 0) is 0 Å². The van der Waals surface area contributed by atoms with Gasteiger partial charge in [0.05, 0.1) is 33.4 Å². The molecule has 0 amide bonds. The Morgan fingerprint density at radius 2 is 0.958 bits per heavy atom. The minimum absolute atomic E-state index is 0.107. The Kier molecular flexibility index (Phi) is 5.90. The van der Waals surface area contributed by atoms with E-state index in [4.69, 9.17) is 4.99 Å². The van der Waals surface area contributed by atoms with Crippen LogP contribution in [0.25, 0.3) is 60.4 Å². The number of nitrogens with one attached hydrogen (secondary N) is 1. The average Bonchev–Trinajstić information content (AvgIpc) is 3.67. The Hall–Kier alpha value is -6.39. The standard InChI is InChI=1S/C44H30N4/c1-3-13-29(14-4-1)43-44(46-38-20-10-9-19-37(38)45-43)48-40-22-12-8-18-34(40)36-28-31(24-26-42(36)48)30-23-25-41-35(27-30)33-17-7-11-21-39(33)47(41)32-15-5-2-6-16-32/h1-28,43,45H. The van der Waals surface area contributed by atoms with Crippen molar-refractivity contribution < 1.29 is 0 Å². The van der Waals surface area contributed by atoms with E-state index in [1.54, 1.807) is 0 Å². The summed E-state index contributed by atoms with van der Waals surface area (Å²) >= 11 is 0. The maximum atomic E-state index is 5.33. The number of hydrogen-bond acceptors (Lipinski definition) is 2. The van der Waals surface area contributed by atoms with Gasteiger partial charge in [0.1, 0.15) is 11.9 Å². The highest BCUT2D eigenvalue weighted by atomic mass is 15.2. The summed E-state index contributed by atoms with van der Waals surface area (Å²) < 4.78 is 4.72. The number of hydrogen-bond donors (Lipinski definition) is 1. The molecule has 1 atom stereocenters. The maximum Gasteiger partial charge on any atom is 0.141 e. The SMILES string of the molecule is c1ccc(C2Nc3ccccc3N=C2n2c3ccccc3c3cc(-c4ccc5c(c4)c4ccccc4n5-c4ccccc4)ccc32)cc1. The highest BCUT2D eigenvalue weighted by Crippen LogP contribution is 2.40. The molecule has 2 aromatic heterocycles. The van der Waals surface area contributed by atoms with E-state index in [0.29, 0.717) is 0 Å². The minimum Gasteiger partial charge on any atom is -0.370 e. The quantitative estimate of drug-likeness (QED) is 0.211. The molecule has 1 aliphatic heterocycles. The monoisotopic (exact) mass is 614 g/mol. The van der Waals surface area contributed by atoms with Crippen LogP contribution in [0.15, 0.2) is 175 Å². The fourth-order valence-electron chi connectivity index (χ4n) is 7.57. The Labute approximate surface area is 277 Å². The van der Waals surface area contributed by atoms with Gasteiger partial charge in [-0.25, -0.2) is 4.99 Å². The van der Waals surface area contributed by atoms with Gasteiger partial charge in [-0.05, 0) is 77.4 Å². The molecule has 0 saturated carbocycles. The summed E-state index contributed by atoms with van der Waals surface area (Å²) in [7, 11) is 0. The van der Waals surface area contributed by atoms with Crippen molar-refractivity contribution in [3.8, 4) is 16.8 Å². The maximum absolute atomic E-state index is 5.33. The second-order valence-electron chi connectivity index (χ2n) is 12.5. The Balaban J connectivity index is 1.18. The first-order chi connectivity index (χ1) is 23.8. The number of benzene rings is 7. The molecule has 10 rings (SSSR count). The first-order valence-corrected chi connectivity index (χ1v) is 16.4. The van der Waals surface area contributed by atoms with E-state index < -0.39 is 0 Å². The molecule has 0 fully saturated rings. The van der Waals surface area contributed by atoms with Gasteiger partial charge in [-0.3, -0.25) is 4.57 Å². The van der Waals surface area contributed by atoms with Crippen molar-refractivity contribution in [2.75, 3.05) is 5.32 Å². The van der Waals surface area contributed by atoms with E-state index >= 15 is 0 Å². The molecule has 1 N–H and O–H groups in total. The molecule has 226 valence electrons. The fraction of sp³-hybridized carbons (Fsp3) is 0.0227. The summed E-state index contributed by atoms with van der Waals surface area (Å²) in [6.45, 7) is 0. The third kappa shape index (κ3) is 4.06. The van der Waals surface area contributed by atoms with Crippen LogP contribution in [0.5, 0.6) is 0 Å². The summed E-state index contributed by atoms with van der Waals surface area (Å²) in [6.07, 6.45) is 0. The van der Waals surface area contributed by atoms with Gasteiger partial charge in [-0.1, -0.05) is 109 Å². The smallest absolute Gasteiger partial charge is 0.141 e. The largest absolute Gasteiger partial charge is 0.370 e. The fourth-order valence-corrected chi connectivity index (χ4v) is 7.57. The lowest BCUT2D eigenvalue weighted by Crippen LogP contribution is -2.29. The summed E-state index contributed by atoms with van der Waals surface area (Å²) in [5.41, 5.74) is 11.4. The number of aromatic nitrogens is 2. The third-order valence-electron chi connectivity index (χ3n) is 9.75. The van der Waals surface area contributed by atoms with Gasteiger partial charge in [0.15, 0.2) is 0 Å². The lowest BCUT2D eigenvalue weighted by Gasteiger charge is -2.29. The Bertz CT molecular complexity index is 2700. The van der Waals surface area contributed by atoms with Crippen molar-refractivity contribution in [3.63, 3.8) is 0 Å². The van der Waals surface area contributed by atoms with Crippen LogP contribution in [0.1, 0.15) is 11.6 Å². The molecule has 1 unspecified atom stereocenters. The zero-order valence-electron chi connectivity index (χ0n) is 26.1. The van der Waals surface area contributed by atoms with Gasteiger partial charge in [0.25, 0.3) is 0 Å². The van der Waals surface area contributed by atoms with Crippen LogP contribution in [0.4, 0.5) is 11.4 Å². The van der Waals surface area contributed by atoms with E-state index in [0.717, 1.165) is 28.2 Å².